The lowest BCUT2D eigenvalue weighted by Gasteiger charge is -2.26. The van der Waals surface area contributed by atoms with Gasteiger partial charge in [-0.15, -0.1) is 0 Å². The van der Waals surface area contributed by atoms with Crippen LogP contribution >= 0.6 is 15.9 Å². The second kappa shape index (κ2) is 7.35. The van der Waals surface area contributed by atoms with Crippen molar-refractivity contribution in [2.75, 3.05) is 0 Å². The SMILES string of the molecule is CCC1=C(C)CCC(S(=O)(=O)c2ccc(Br)cc2)=C1CC(C)C. The van der Waals surface area contributed by atoms with Crippen LogP contribution in [0.5, 0.6) is 0 Å². The molecule has 0 saturated heterocycles. The van der Waals surface area contributed by atoms with Crippen molar-refractivity contribution in [3.63, 3.8) is 0 Å². The van der Waals surface area contributed by atoms with Crippen LogP contribution in [0.3, 0.4) is 0 Å². The van der Waals surface area contributed by atoms with Gasteiger partial charge in [0, 0.05) is 4.47 Å². The second-order valence-electron chi connectivity index (χ2n) is 6.57. The van der Waals surface area contributed by atoms with Gasteiger partial charge >= 0.3 is 0 Å². The van der Waals surface area contributed by atoms with Gasteiger partial charge in [0.15, 0.2) is 0 Å². The van der Waals surface area contributed by atoms with E-state index in [0.29, 0.717) is 22.1 Å². The minimum Gasteiger partial charge on any atom is -0.219 e. The normalized spacial score (nSPS) is 16.4. The topological polar surface area (TPSA) is 34.1 Å². The molecule has 0 fully saturated rings. The standard InChI is InChI=1S/C19H25BrO2S/c1-5-17-14(4)6-11-19(18(17)12-13(2)3)23(21,22)16-9-7-15(20)8-10-16/h7-10,13H,5-6,11-12H2,1-4H3. The fourth-order valence-electron chi connectivity index (χ4n) is 3.24. The Morgan fingerprint density at radius 1 is 1.09 bits per heavy atom. The van der Waals surface area contributed by atoms with Gasteiger partial charge in [-0.3, -0.25) is 0 Å². The van der Waals surface area contributed by atoms with Gasteiger partial charge in [-0.05, 0) is 73.9 Å². The van der Waals surface area contributed by atoms with Crippen molar-refractivity contribution < 1.29 is 8.42 Å². The highest BCUT2D eigenvalue weighted by molar-refractivity contribution is 9.10. The van der Waals surface area contributed by atoms with E-state index in [9.17, 15) is 8.42 Å². The molecule has 0 aliphatic heterocycles. The van der Waals surface area contributed by atoms with Gasteiger partial charge < -0.3 is 0 Å². The summed E-state index contributed by atoms with van der Waals surface area (Å²) in [5.74, 6) is 0.438. The molecular formula is C19H25BrO2S. The molecule has 0 N–H and O–H groups in total. The Balaban J connectivity index is 2.62. The van der Waals surface area contributed by atoms with Crippen LogP contribution in [0, 0.1) is 5.92 Å². The molecule has 0 heterocycles. The maximum Gasteiger partial charge on any atom is 0.203 e. The van der Waals surface area contributed by atoms with Crippen LogP contribution in [-0.4, -0.2) is 8.42 Å². The van der Waals surface area contributed by atoms with Crippen molar-refractivity contribution in [2.45, 2.75) is 58.3 Å². The van der Waals surface area contributed by atoms with Gasteiger partial charge in [-0.25, -0.2) is 8.42 Å². The maximum atomic E-state index is 13.2. The first kappa shape index (κ1) is 18.5. The molecule has 0 bridgehead atoms. The summed E-state index contributed by atoms with van der Waals surface area (Å²) in [5.41, 5.74) is 3.66. The third-order valence-corrected chi connectivity index (χ3v) is 6.88. The first-order valence-electron chi connectivity index (χ1n) is 8.19. The van der Waals surface area contributed by atoms with Gasteiger partial charge in [0.25, 0.3) is 0 Å². The summed E-state index contributed by atoms with van der Waals surface area (Å²) in [6.07, 6.45) is 3.19. The largest absolute Gasteiger partial charge is 0.219 e. The summed E-state index contributed by atoms with van der Waals surface area (Å²) in [6.45, 7) is 8.55. The molecule has 0 amide bonds. The number of benzene rings is 1. The van der Waals surface area contributed by atoms with E-state index in [1.54, 1.807) is 24.3 Å². The van der Waals surface area contributed by atoms with E-state index in [1.165, 1.54) is 11.1 Å². The average Bonchev–Trinajstić information content (AvgIpc) is 2.47. The van der Waals surface area contributed by atoms with E-state index in [4.69, 9.17) is 0 Å². The predicted octanol–water partition coefficient (Wildman–Crippen LogP) is 6.04. The molecule has 1 aromatic rings. The smallest absolute Gasteiger partial charge is 0.203 e. The van der Waals surface area contributed by atoms with Crippen LogP contribution in [0.15, 0.2) is 55.3 Å². The van der Waals surface area contributed by atoms with Crippen LogP contribution < -0.4 is 0 Å². The predicted molar refractivity (Wildman–Crippen MR) is 100 cm³/mol. The van der Waals surface area contributed by atoms with Gasteiger partial charge in [0.05, 0.1) is 9.80 Å². The summed E-state index contributed by atoms with van der Waals surface area (Å²) in [5, 5.41) is 0. The summed E-state index contributed by atoms with van der Waals surface area (Å²) >= 11 is 3.37. The van der Waals surface area contributed by atoms with Crippen molar-refractivity contribution in [2.24, 2.45) is 5.92 Å². The lowest BCUT2D eigenvalue weighted by Crippen LogP contribution is -2.15. The Labute approximate surface area is 148 Å². The summed E-state index contributed by atoms with van der Waals surface area (Å²) in [6, 6.07) is 6.97. The monoisotopic (exact) mass is 396 g/mol. The molecule has 126 valence electrons. The van der Waals surface area contributed by atoms with Crippen molar-refractivity contribution in [3.05, 3.63) is 50.4 Å². The van der Waals surface area contributed by atoms with E-state index in [0.717, 1.165) is 29.3 Å². The minimum atomic E-state index is -3.42. The Morgan fingerprint density at radius 3 is 2.22 bits per heavy atom. The van der Waals surface area contributed by atoms with E-state index < -0.39 is 9.84 Å². The second-order valence-corrected chi connectivity index (χ2v) is 9.46. The molecule has 1 aliphatic carbocycles. The number of sulfone groups is 1. The summed E-state index contributed by atoms with van der Waals surface area (Å²) < 4.78 is 27.2. The molecule has 4 heteroatoms. The molecule has 1 aliphatic rings. The van der Waals surface area contributed by atoms with Crippen molar-refractivity contribution in [3.8, 4) is 0 Å². The van der Waals surface area contributed by atoms with E-state index in [-0.39, 0.29) is 0 Å². The summed E-state index contributed by atoms with van der Waals surface area (Å²) in [4.78, 5) is 1.03. The van der Waals surface area contributed by atoms with Crippen molar-refractivity contribution >= 4 is 25.8 Å². The number of hydrogen-bond donors (Lipinski definition) is 0. The van der Waals surface area contributed by atoms with Crippen LogP contribution in [0.25, 0.3) is 0 Å². The maximum absolute atomic E-state index is 13.2. The molecule has 0 atom stereocenters. The number of rotatable bonds is 5. The number of allylic oxidation sites excluding steroid dienone is 4. The average molecular weight is 397 g/mol. The number of halogens is 1. The van der Waals surface area contributed by atoms with E-state index in [1.807, 2.05) is 0 Å². The molecule has 2 nitrogen and oxygen atoms in total. The molecule has 23 heavy (non-hydrogen) atoms. The van der Waals surface area contributed by atoms with Gasteiger partial charge in [-0.2, -0.15) is 0 Å². The molecule has 0 radical (unpaired) electrons. The first-order valence-corrected chi connectivity index (χ1v) is 10.5. The quantitative estimate of drug-likeness (QED) is 0.607. The van der Waals surface area contributed by atoms with E-state index >= 15 is 0 Å². The molecular weight excluding hydrogens is 372 g/mol. The molecule has 0 saturated carbocycles. The van der Waals surface area contributed by atoms with Crippen molar-refractivity contribution in [1.29, 1.82) is 0 Å². The highest BCUT2D eigenvalue weighted by atomic mass is 79.9. The molecule has 0 aromatic heterocycles. The fourth-order valence-corrected chi connectivity index (χ4v) is 5.19. The van der Waals surface area contributed by atoms with Crippen LogP contribution in [0.4, 0.5) is 0 Å². The van der Waals surface area contributed by atoms with E-state index in [2.05, 4.69) is 43.6 Å². The Bertz CT molecular complexity index is 738. The fraction of sp³-hybridized carbons (Fsp3) is 0.474. The zero-order valence-electron chi connectivity index (χ0n) is 14.3. The lowest BCUT2D eigenvalue weighted by molar-refractivity contribution is 0.594. The van der Waals surface area contributed by atoms with Gasteiger partial charge in [0.2, 0.25) is 9.84 Å². The third kappa shape index (κ3) is 3.97. The molecule has 0 spiro atoms. The molecule has 2 rings (SSSR count). The van der Waals surface area contributed by atoms with Crippen molar-refractivity contribution in [1.82, 2.24) is 0 Å². The zero-order valence-corrected chi connectivity index (χ0v) is 16.7. The lowest BCUT2D eigenvalue weighted by atomic mass is 9.85. The van der Waals surface area contributed by atoms with Gasteiger partial charge in [0.1, 0.15) is 0 Å². The number of hydrogen-bond acceptors (Lipinski definition) is 2. The third-order valence-electron chi connectivity index (χ3n) is 4.36. The zero-order chi connectivity index (χ0) is 17.2. The Morgan fingerprint density at radius 2 is 1.70 bits per heavy atom. The van der Waals surface area contributed by atoms with Crippen LogP contribution in [0.2, 0.25) is 0 Å². The van der Waals surface area contributed by atoms with Gasteiger partial charge in [-0.1, -0.05) is 42.3 Å². The molecule has 1 aromatic carbocycles. The highest BCUT2D eigenvalue weighted by Crippen LogP contribution is 2.40. The molecule has 0 unspecified atom stereocenters. The Kier molecular flexibility index (Phi) is 5.90. The minimum absolute atomic E-state index is 0.395. The summed E-state index contributed by atoms with van der Waals surface area (Å²) in [7, 11) is -3.42. The Hall–Kier alpha value is -0.870. The van der Waals surface area contributed by atoms with Crippen LogP contribution in [-0.2, 0) is 9.84 Å². The van der Waals surface area contributed by atoms with Crippen LogP contribution in [0.1, 0.15) is 53.4 Å². The first-order chi connectivity index (χ1) is 10.8. The highest BCUT2D eigenvalue weighted by Gasteiger charge is 2.29.